The Hall–Kier alpha value is -1.78. The van der Waals surface area contributed by atoms with Gasteiger partial charge in [0.2, 0.25) is 0 Å². The predicted octanol–water partition coefficient (Wildman–Crippen LogP) is 4.49. The van der Waals surface area contributed by atoms with Gasteiger partial charge in [0.05, 0.1) is 11.0 Å². The molecule has 3 aromatic rings. The number of furan rings is 1. The second-order valence-corrected chi connectivity index (χ2v) is 5.58. The van der Waals surface area contributed by atoms with E-state index >= 15 is 0 Å². The molecule has 108 valence electrons. The standard InChI is InChI=1S/C17H16BrNO2/c1-19-10-13-7-8-14(21-13)11-20-16-9-6-12-4-2-3-5-15(12)17(16)18/h2-9,19H,10-11H2,1H3. The summed E-state index contributed by atoms with van der Waals surface area (Å²) in [6.07, 6.45) is 0. The summed E-state index contributed by atoms with van der Waals surface area (Å²) < 4.78 is 12.5. The van der Waals surface area contributed by atoms with Crippen LogP contribution < -0.4 is 10.1 Å². The van der Waals surface area contributed by atoms with Crippen LogP contribution in [0.5, 0.6) is 5.75 Å². The van der Waals surface area contributed by atoms with Crippen molar-refractivity contribution < 1.29 is 9.15 Å². The van der Waals surface area contributed by atoms with Crippen LogP contribution in [-0.4, -0.2) is 7.05 Å². The van der Waals surface area contributed by atoms with E-state index < -0.39 is 0 Å². The molecular weight excluding hydrogens is 330 g/mol. The lowest BCUT2D eigenvalue weighted by molar-refractivity contribution is 0.264. The molecule has 0 saturated heterocycles. The van der Waals surface area contributed by atoms with Gasteiger partial charge >= 0.3 is 0 Å². The molecule has 0 spiro atoms. The van der Waals surface area contributed by atoms with Gasteiger partial charge in [0.1, 0.15) is 23.9 Å². The van der Waals surface area contributed by atoms with Crippen molar-refractivity contribution in [3.05, 3.63) is 64.5 Å². The van der Waals surface area contributed by atoms with Crippen LogP contribution in [-0.2, 0) is 13.2 Å². The summed E-state index contributed by atoms with van der Waals surface area (Å²) in [5.41, 5.74) is 0. The average Bonchev–Trinajstić information content (AvgIpc) is 2.95. The summed E-state index contributed by atoms with van der Waals surface area (Å²) in [6.45, 7) is 1.14. The number of nitrogens with one attached hydrogen (secondary N) is 1. The normalized spacial score (nSPS) is 11.0. The van der Waals surface area contributed by atoms with Gasteiger partial charge in [-0.25, -0.2) is 0 Å². The molecule has 0 amide bonds. The zero-order valence-electron chi connectivity index (χ0n) is 11.7. The number of rotatable bonds is 5. The van der Waals surface area contributed by atoms with E-state index in [-0.39, 0.29) is 0 Å². The molecule has 0 aliphatic rings. The Morgan fingerprint density at radius 1 is 1.05 bits per heavy atom. The topological polar surface area (TPSA) is 34.4 Å². The van der Waals surface area contributed by atoms with Crippen molar-refractivity contribution in [3.63, 3.8) is 0 Å². The van der Waals surface area contributed by atoms with Crippen molar-refractivity contribution in [3.8, 4) is 5.75 Å². The fourth-order valence-electron chi connectivity index (χ4n) is 2.24. The van der Waals surface area contributed by atoms with Crippen LogP contribution >= 0.6 is 15.9 Å². The first-order valence-electron chi connectivity index (χ1n) is 6.80. The lowest BCUT2D eigenvalue weighted by atomic mass is 10.1. The molecule has 3 rings (SSSR count). The minimum atomic E-state index is 0.417. The first-order valence-corrected chi connectivity index (χ1v) is 7.59. The van der Waals surface area contributed by atoms with Crippen LogP contribution in [0.2, 0.25) is 0 Å². The van der Waals surface area contributed by atoms with Crippen molar-refractivity contribution in [1.29, 1.82) is 0 Å². The summed E-state index contributed by atoms with van der Waals surface area (Å²) in [5.74, 6) is 2.55. The maximum Gasteiger partial charge on any atom is 0.146 e. The van der Waals surface area contributed by atoms with Crippen molar-refractivity contribution in [1.82, 2.24) is 5.32 Å². The Kier molecular flexibility index (Phi) is 4.27. The lowest BCUT2D eigenvalue weighted by Gasteiger charge is -2.09. The molecule has 1 N–H and O–H groups in total. The molecule has 1 heterocycles. The zero-order valence-corrected chi connectivity index (χ0v) is 13.3. The molecule has 0 radical (unpaired) electrons. The molecule has 1 aromatic heterocycles. The monoisotopic (exact) mass is 345 g/mol. The van der Waals surface area contributed by atoms with Crippen LogP contribution in [0.15, 0.2) is 57.4 Å². The fraction of sp³-hybridized carbons (Fsp3) is 0.176. The van der Waals surface area contributed by atoms with Crippen molar-refractivity contribution in [2.24, 2.45) is 0 Å². The van der Waals surface area contributed by atoms with Gasteiger partial charge in [-0.1, -0.05) is 30.3 Å². The molecule has 0 aliphatic carbocycles. The molecule has 2 aromatic carbocycles. The van der Waals surface area contributed by atoms with Crippen LogP contribution in [0.1, 0.15) is 11.5 Å². The third-order valence-electron chi connectivity index (χ3n) is 3.27. The van der Waals surface area contributed by atoms with Gasteiger partial charge in [0.15, 0.2) is 0 Å². The molecule has 0 fully saturated rings. The van der Waals surface area contributed by atoms with Crippen LogP contribution in [0.25, 0.3) is 10.8 Å². The number of hydrogen-bond donors (Lipinski definition) is 1. The number of halogens is 1. The first-order chi connectivity index (χ1) is 10.3. The van der Waals surface area contributed by atoms with Gasteiger partial charge in [-0.3, -0.25) is 0 Å². The van der Waals surface area contributed by atoms with Crippen molar-refractivity contribution in [2.75, 3.05) is 7.05 Å². The molecule has 0 bridgehead atoms. The molecule has 0 unspecified atom stereocenters. The molecule has 4 heteroatoms. The minimum absolute atomic E-state index is 0.417. The SMILES string of the molecule is CNCc1ccc(COc2ccc3ccccc3c2Br)o1. The van der Waals surface area contributed by atoms with Gasteiger partial charge in [-0.2, -0.15) is 0 Å². The van der Waals surface area contributed by atoms with E-state index in [1.807, 2.05) is 37.4 Å². The summed E-state index contributed by atoms with van der Waals surface area (Å²) >= 11 is 3.62. The van der Waals surface area contributed by atoms with Gasteiger partial charge < -0.3 is 14.5 Å². The molecule has 0 aliphatic heterocycles. The molecule has 3 nitrogen and oxygen atoms in total. The lowest BCUT2D eigenvalue weighted by Crippen LogP contribution is -2.03. The second kappa shape index (κ2) is 6.33. The average molecular weight is 346 g/mol. The highest BCUT2D eigenvalue weighted by Gasteiger charge is 2.08. The largest absolute Gasteiger partial charge is 0.484 e. The van der Waals surface area contributed by atoms with Gasteiger partial charge in [0, 0.05) is 0 Å². The first kappa shape index (κ1) is 14.2. The highest BCUT2D eigenvalue weighted by Crippen LogP contribution is 2.33. The molecular formula is C17H16BrNO2. The van der Waals surface area contributed by atoms with Crippen LogP contribution in [0, 0.1) is 0 Å². The Morgan fingerprint density at radius 2 is 1.86 bits per heavy atom. The summed E-state index contributed by atoms with van der Waals surface area (Å²) in [4.78, 5) is 0. The van der Waals surface area contributed by atoms with Crippen LogP contribution in [0.4, 0.5) is 0 Å². The molecule has 0 saturated carbocycles. The van der Waals surface area contributed by atoms with Gasteiger partial charge in [0.25, 0.3) is 0 Å². The zero-order chi connectivity index (χ0) is 14.7. The summed E-state index contributed by atoms with van der Waals surface area (Å²) in [5, 5.41) is 5.39. The van der Waals surface area contributed by atoms with E-state index in [4.69, 9.17) is 9.15 Å². The highest BCUT2D eigenvalue weighted by atomic mass is 79.9. The van der Waals surface area contributed by atoms with E-state index in [1.165, 1.54) is 5.39 Å². The Morgan fingerprint density at radius 3 is 2.71 bits per heavy atom. The van der Waals surface area contributed by atoms with Crippen molar-refractivity contribution >= 4 is 26.7 Å². The maximum atomic E-state index is 5.86. The number of fused-ring (bicyclic) bond motifs is 1. The third-order valence-corrected chi connectivity index (χ3v) is 4.08. The van der Waals surface area contributed by atoms with Gasteiger partial charge in [-0.05, 0) is 51.9 Å². The number of hydrogen-bond acceptors (Lipinski definition) is 3. The Labute approximate surface area is 132 Å². The fourth-order valence-corrected chi connectivity index (χ4v) is 2.85. The molecule has 0 atom stereocenters. The smallest absolute Gasteiger partial charge is 0.146 e. The Bertz CT molecular complexity index is 751. The Balaban J connectivity index is 1.76. The van der Waals surface area contributed by atoms with E-state index in [0.717, 1.165) is 33.7 Å². The van der Waals surface area contributed by atoms with Gasteiger partial charge in [-0.15, -0.1) is 0 Å². The predicted molar refractivity (Wildman–Crippen MR) is 87.5 cm³/mol. The van der Waals surface area contributed by atoms with Crippen molar-refractivity contribution in [2.45, 2.75) is 13.2 Å². The van der Waals surface area contributed by atoms with E-state index in [1.54, 1.807) is 0 Å². The van der Waals surface area contributed by atoms with E-state index in [0.29, 0.717) is 6.61 Å². The third kappa shape index (κ3) is 3.12. The van der Waals surface area contributed by atoms with E-state index in [2.05, 4.69) is 39.4 Å². The highest BCUT2D eigenvalue weighted by molar-refractivity contribution is 9.10. The van der Waals surface area contributed by atoms with Crippen LogP contribution in [0.3, 0.4) is 0 Å². The summed E-state index contributed by atoms with van der Waals surface area (Å²) in [6, 6.07) is 16.2. The minimum Gasteiger partial charge on any atom is -0.484 e. The number of ether oxygens (including phenoxy) is 1. The quantitative estimate of drug-likeness (QED) is 0.739. The van der Waals surface area contributed by atoms with E-state index in [9.17, 15) is 0 Å². The molecule has 21 heavy (non-hydrogen) atoms. The maximum absolute atomic E-state index is 5.86. The second-order valence-electron chi connectivity index (χ2n) is 4.79. The summed E-state index contributed by atoms with van der Waals surface area (Å²) in [7, 11) is 1.89. The number of benzene rings is 2.